The maximum atomic E-state index is 12.1. The fourth-order valence-electron chi connectivity index (χ4n) is 2.41. The van der Waals surface area contributed by atoms with Crippen molar-refractivity contribution in [1.29, 1.82) is 0 Å². The molecule has 2 aromatic carbocycles. The van der Waals surface area contributed by atoms with E-state index in [0.717, 1.165) is 5.56 Å². The Morgan fingerprint density at radius 3 is 2.48 bits per heavy atom. The molecule has 0 fully saturated rings. The largest absolute Gasteiger partial charge is 0.492 e. The summed E-state index contributed by atoms with van der Waals surface area (Å²) in [5.74, 6) is 0.493. The fourth-order valence-corrected chi connectivity index (χ4v) is 3.62. The number of nitrogens with one attached hydrogen (secondary N) is 2. The topological polar surface area (TPSA) is 93.7 Å². The third-order valence-corrected chi connectivity index (χ3v) is 5.75. The van der Waals surface area contributed by atoms with Gasteiger partial charge in [0.05, 0.1) is 23.1 Å². The van der Waals surface area contributed by atoms with Crippen molar-refractivity contribution in [2.24, 2.45) is 0 Å². The minimum absolute atomic E-state index is 0.106. The van der Waals surface area contributed by atoms with Crippen molar-refractivity contribution in [3.63, 3.8) is 0 Å². The smallest absolute Gasteiger partial charge is 0.240 e. The van der Waals surface area contributed by atoms with Gasteiger partial charge in [-0.25, -0.2) is 13.1 Å². The van der Waals surface area contributed by atoms with E-state index in [1.165, 1.54) is 19.2 Å². The van der Waals surface area contributed by atoms with Gasteiger partial charge >= 0.3 is 0 Å². The van der Waals surface area contributed by atoms with Crippen LogP contribution in [-0.2, 0) is 26.1 Å². The van der Waals surface area contributed by atoms with E-state index in [2.05, 4.69) is 10.0 Å². The van der Waals surface area contributed by atoms with E-state index in [9.17, 15) is 13.2 Å². The van der Waals surface area contributed by atoms with Gasteiger partial charge < -0.3 is 14.8 Å². The van der Waals surface area contributed by atoms with Gasteiger partial charge in [-0.2, -0.15) is 0 Å². The molecule has 7 nitrogen and oxygen atoms in total. The number of methoxy groups -OCH3 is 1. The van der Waals surface area contributed by atoms with Crippen molar-refractivity contribution in [2.45, 2.75) is 24.3 Å². The first-order valence-electron chi connectivity index (χ1n) is 9.14. The molecular weight excluding hydrogens is 416 g/mol. The maximum absolute atomic E-state index is 12.1. The predicted octanol–water partition coefficient (Wildman–Crippen LogP) is 2.74. The zero-order valence-corrected chi connectivity index (χ0v) is 17.8. The van der Waals surface area contributed by atoms with E-state index in [-0.39, 0.29) is 17.3 Å². The van der Waals surface area contributed by atoms with Gasteiger partial charge in [-0.3, -0.25) is 4.79 Å². The van der Waals surface area contributed by atoms with Gasteiger partial charge in [-0.15, -0.1) is 0 Å². The summed E-state index contributed by atoms with van der Waals surface area (Å²) in [7, 11) is -2.06. The third-order valence-electron chi connectivity index (χ3n) is 3.96. The highest BCUT2D eigenvalue weighted by Gasteiger charge is 2.13. The molecule has 1 amide bonds. The summed E-state index contributed by atoms with van der Waals surface area (Å²) in [6.45, 7) is 1.21. The Kier molecular flexibility index (Phi) is 9.40. The summed E-state index contributed by atoms with van der Waals surface area (Å²) in [5.41, 5.74) is 0.807. The van der Waals surface area contributed by atoms with Crippen molar-refractivity contribution >= 4 is 27.5 Å². The standard InChI is InChI=1S/C20H25ClN2O5S/c1-27-14-12-23-29(25,26)17-10-8-16(9-11-17)15-22-20(24)7-4-13-28-19-6-3-2-5-18(19)21/h2-3,5-6,8-11,23H,4,7,12-15H2,1H3,(H,22,24). The van der Waals surface area contributed by atoms with Gasteiger partial charge in [0.2, 0.25) is 15.9 Å². The summed E-state index contributed by atoms with van der Waals surface area (Å²) in [6.07, 6.45) is 0.877. The number of halogens is 1. The first-order chi connectivity index (χ1) is 13.9. The summed E-state index contributed by atoms with van der Waals surface area (Å²) in [5, 5.41) is 3.35. The van der Waals surface area contributed by atoms with Crippen molar-refractivity contribution < 1.29 is 22.7 Å². The first-order valence-corrected chi connectivity index (χ1v) is 11.0. The zero-order chi connectivity index (χ0) is 21.1. The Balaban J connectivity index is 1.71. The predicted molar refractivity (Wildman–Crippen MR) is 112 cm³/mol. The number of hydrogen-bond acceptors (Lipinski definition) is 5. The van der Waals surface area contributed by atoms with Gasteiger partial charge in [0.15, 0.2) is 0 Å². The average Bonchev–Trinajstić information content (AvgIpc) is 2.71. The van der Waals surface area contributed by atoms with E-state index < -0.39 is 10.0 Å². The maximum Gasteiger partial charge on any atom is 0.240 e. The average molecular weight is 441 g/mol. The second kappa shape index (κ2) is 11.8. The number of carbonyl (C=O) groups excluding carboxylic acids is 1. The Labute approximate surface area is 176 Å². The number of hydrogen-bond donors (Lipinski definition) is 2. The monoisotopic (exact) mass is 440 g/mol. The minimum Gasteiger partial charge on any atom is -0.492 e. The molecule has 0 atom stereocenters. The molecule has 0 radical (unpaired) electrons. The van der Waals surface area contributed by atoms with E-state index in [1.807, 2.05) is 12.1 Å². The van der Waals surface area contributed by atoms with E-state index >= 15 is 0 Å². The van der Waals surface area contributed by atoms with Gasteiger partial charge in [-0.1, -0.05) is 35.9 Å². The molecule has 0 aromatic heterocycles. The van der Waals surface area contributed by atoms with Crippen LogP contribution in [0.5, 0.6) is 5.75 Å². The molecule has 0 aliphatic heterocycles. The highest BCUT2D eigenvalue weighted by molar-refractivity contribution is 7.89. The zero-order valence-electron chi connectivity index (χ0n) is 16.2. The number of rotatable bonds is 12. The lowest BCUT2D eigenvalue weighted by Gasteiger charge is -2.09. The molecule has 2 aromatic rings. The van der Waals surface area contributed by atoms with Crippen molar-refractivity contribution in [1.82, 2.24) is 10.0 Å². The molecule has 0 saturated carbocycles. The van der Waals surface area contributed by atoms with Crippen molar-refractivity contribution in [3.8, 4) is 5.75 Å². The molecule has 0 unspecified atom stereocenters. The molecule has 2 rings (SSSR count). The normalized spacial score (nSPS) is 11.2. The Morgan fingerprint density at radius 1 is 1.07 bits per heavy atom. The Hall–Kier alpha value is -2.13. The molecular formula is C20H25ClN2O5S. The third kappa shape index (κ3) is 8.02. The van der Waals surface area contributed by atoms with Crippen LogP contribution >= 0.6 is 11.6 Å². The van der Waals surface area contributed by atoms with Crippen molar-refractivity contribution in [3.05, 3.63) is 59.1 Å². The van der Waals surface area contributed by atoms with Crippen LogP contribution in [0.15, 0.2) is 53.4 Å². The summed E-state index contributed by atoms with van der Waals surface area (Å²) in [4.78, 5) is 12.1. The summed E-state index contributed by atoms with van der Waals surface area (Å²) in [6, 6.07) is 13.5. The molecule has 0 spiro atoms. The van der Waals surface area contributed by atoms with Gasteiger partial charge in [0.25, 0.3) is 0 Å². The number of para-hydroxylation sites is 1. The number of carbonyl (C=O) groups is 1. The molecule has 2 N–H and O–H groups in total. The van der Waals surface area contributed by atoms with Crippen molar-refractivity contribution in [2.75, 3.05) is 26.9 Å². The van der Waals surface area contributed by atoms with Gasteiger partial charge in [0, 0.05) is 26.6 Å². The van der Waals surface area contributed by atoms with Crippen LogP contribution in [0.1, 0.15) is 18.4 Å². The second-order valence-corrected chi connectivity index (χ2v) is 8.37. The lowest BCUT2D eigenvalue weighted by Crippen LogP contribution is -2.27. The molecule has 29 heavy (non-hydrogen) atoms. The highest BCUT2D eigenvalue weighted by Crippen LogP contribution is 2.23. The van der Waals surface area contributed by atoms with Crippen LogP contribution in [0.3, 0.4) is 0 Å². The molecule has 158 valence electrons. The summed E-state index contributed by atoms with van der Waals surface area (Å²) < 4.78 is 37.0. The lowest BCUT2D eigenvalue weighted by molar-refractivity contribution is -0.121. The van der Waals surface area contributed by atoms with E-state index in [4.69, 9.17) is 21.1 Å². The minimum atomic E-state index is -3.56. The Morgan fingerprint density at radius 2 is 1.79 bits per heavy atom. The molecule has 0 saturated heterocycles. The number of amides is 1. The fraction of sp³-hybridized carbons (Fsp3) is 0.350. The van der Waals surface area contributed by atoms with E-state index in [0.29, 0.717) is 43.4 Å². The lowest BCUT2D eigenvalue weighted by atomic mass is 10.2. The number of ether oxygens (including phenoxy) is 2. The second-order valence-electron chi connectivity index (χ2n) is 6.19. The highest BCUT2D eigenvalue weighted by atomic mass is 35.5. The SMILES string of the molecule is COCCNS(=O)(=O)c1ccc(CNC(=O)CCCOc2ccccc2Cl)cc1. The molecule has 0 bridgehead atoms. The van der Waals surface area contributed by atoms with Gasteiger partial charge in [-0.05, 0) is 36.2 Å². The van der Waals surface area contributed by atoms with Crippen LogP contribution < -0.4 is 14.8 Å². The first kappa shape index (κ1) is 23.2. The van der Waals surface area contributed by atoms with Crippen LogP contribution in [0, 0.1) is 0 Å². The molecule has 0 aliphatic rings. The Bertz CT molecular complexity index is 888. The van der Waals surface area contributed by atoms with Crippen LogP contribution in [0.4, 0.5) is 0 Å². The van der Waals surface area contributed by atoms with Gasteiger partial charge in [0.1, 0.15) is 5.75 Å². The van der Waals surface area contributed by atoms with Crippen LogP contribution in [0.25, 0.3) is 0 Å². The molecule has 0 aliphatic carbocycles. The van der Waals surface area contributed by atoms with E-state index in [1.54, 1.807) is 24.3 Å². The molecule has 9 heteroatoms. The van der Waals surface area contributed by atoms with Crippen LogP contribution in [-0.4, -0.2) is 41.2 Å². The quantitative estimate of drug-likeness (QED) is 0.495. The van der Waals surface area contributed by atoms with Crippen LogP contribution in [0.2, 0.25) is 5.02 Å². The number of sulfonamides is 1. The number of benzene rings is 2. The summed E-state index contributed by atoms with van der Waals surface area (Å²) >= 11 is 6.00. The molecule has 0 heterocycles.